The molecule has 108 valence electrons. The van der Waals surface area contributed by atoms with Gasteiger partial charge in [0, 0.05) is 19.0 Å². The number of halogens is 3. The van der Waals surface area contributed by atoms with Crippen LogP contribution in [0.4, 0.5) is 4.39 Å². The molecule has 0 fully saturated rings. The molecule has 1 atom stereocenters. The molecule has 3 nitrogen and oxygen atoms in total. The zero-order valence-electron chi connectivity index (χ0n) is 11.3. The molecule has 0 spiro atoms. The SMILES string of the molecule is CCn1nc(C)c(Br)c1CC(N)c1ccc(Br)c(F)c1. The average molecular weight is 405 g/mol. The van der Waals surface area contributed by atoms with Gasteiger partial charge in [-0.2, -0.15) is 5.10 Å². The Balaban J connectivity index is 2.27. The summed E-state index contributed by atoms with van der Waals surface area (Å²) in [4.78, 5) is 0. The zero-order chi connectivity index (χ0) is 14.9. The summed E-state index contributed by atoms with van der Waals surface area (Å²) in [5, 5.41) is 4.44. The van der Waals surface area contributed by atoms with Crippen LogP contribution in [-0.2, 0) is 13.0 Å². The standard InChI is InChI=1S/C14H16Br2FN3/c1-3-20-13(14(16)8(2)19-20)7-12(18)9-4-5-10(15)11(17)6-9/h4-6,12H,3,7,18H2,1-2H3. The molecule has 0 bridgehead atoms. The molecule has 0 radical (unpaired) electrons. The fourth-order valence-electron chi connectivity index (χ4n) is 2.13. The molecule has 1 aromatic heterocycles. The van der Waals surface area contributed by atoms with E-state index >= 15 is 0 Å². The van der Waals surface area contributed by atoms with Crippen LogP contribution in [0.3, 0.4) is 0 Å². The number of nitrogens with zero attached hydrogens (tertiary/aromatic N) is 2. The van der Waals surface area contributed by atoms with Gasteiger partial charge in [-0.05, 0) is 63.4 Å². The minimum absolute atomic E-state index is 0.268. The first kappa shape index (κ1) is 15.7. The van der Waals surface area contributed by atoms with Gasteiger partial charge >= 0.3 is 0 Å². The summed E-state index contributed by atoms with van der Waals surface area (Å²) < 4.78 is 16.9. The fourth-order valence-corrected chi connectivity index (χ4v) is 2.83. The van der Waals surface area contributed by atoms with Crippen molar-refractivity contribution in [2.75, 3.05) is 0 Å². The number of nitrogens with two attached hydrogens (primary N) is 1. The molecule has 0 amide bonds. The lowest BCUT2D eigenvalue weighted by Crippen LogP contribution is -2.16. The van der Waals surface area contributed by atoms with Gasteiger partial charge in [-0.15, -0.1) is 0 Å². The van der Waals surface area contributed by atoms with E-state index in [1.54, 1.807) is 6.07 Å². The van der Waals surface area contributed by atoms with Crippen molar-refractivity contribution in [2.45, 2.75) is 32.9 Å². The molecular weight excluding hydrogens is 389 g/mol. The highest BCUT2D eigenvalue weighted by molar-refractivity contribution is 9.10. The molecule has 0 saturated heterocycles. The number of aryl methyl sites for hydroxylation is 2. The number of benzene rings is 1. The summed E-state index contributed by atoms with van der Waals surface area (Å²) in [5.41, 5.74) is 8.96. The second kappa shape index (κ2) is 6.37. The maximum atomic E-state index is 13.6. The van der Waals surface area contributed by atoms with Gasteiger partial charge in [0.15, 0.2) is 0 Å². The predicted molar refractivity (Wildman–Crippen MR) is 85.1 cm³/mol. The van der Waals surface area contributed by atoms with Crippen molar-refractivity contribution in [3.05, 3.63) is 49.9 Å². The lowest BCUT2D eigenvalue weighted by molar-refractivity contribution is 0.580. The maximum Gasteiger partial charge on any atom is 0.137 e. The quantitative estimate of drug-likeness (QED) is 0.832. The molecule has 1 aromatic carbocycles. The van der Waals surface area contributed by atoms with Crippen LogP contribution in [0, 0.1) is 12.7 Å². The first-order chi connectivity index (χ1) is 9.43. The molecule has 2 N–H and O–H groups in total. The number of hydrogen-bond acceptors (Lipinski definition) is 2. The summed E-state index contributed by atoms with van der Waals surface area (Å²) in [6, 6.07) is 4.73. The van der Waals surface area contributed by atoms with Crippen molar-refractivity contribution in [2.24, 2.45) is 5.73 Å². The summed E-state index contributed by atoms with van der Waals surface area (Å²) >= 11 is 6.69. The van der Waals surface area contributed by atoms with Crippen molar-refractivity contribution in [3.63, 3.8) is 0 Å². The zero-order valence-corrected chi connectivity index (χ0v) is 14.5. The smallest absolute Gasteiger partial charge is 0.137 e. The third-order valence-electron chi connectivity index (χ3n) is 3.24. The Morgan fingerprint density at radius 1 is 1.40 bits per heavy atom. The van der Waals surface area contributed by atoms with Gasteiger partial charge in [0.05, 0.1) is 20.3 Å². The number of hydrogen-bond donors (Lipinski definition) is 1. The van der Waals surface area contributed by atoms with Gasteiger partial charge in [0.1, 0.15) is 5.82 Å². The first-order valence-electron chi connectivity index (χ1n) is 6.36. The van der Waals surface area contributed by atoms with E-state index < -0.39 is 0 Å². The summed E-state index contributed by atoms with van der Waals surface area (Å²) in [6.45, 7) is 4.76. The Bertz CT molecular complexity index is 625. The molecule has 0 aliphatic rings. The normalized spacial score (nSPS) is 12.7. The van der Waals surface area contributed by atoms with Gasteiger partial charge in [0.25, 0.3) is 0 Å². The lowest BCUT2D eigenvalue weighted by atomic mass is 10.0. The lowest BCUT2D eigenvalue weighted by Gasteiger charge is -2.14. The van der Waals surface area contributed by atoms with Gasteiger partial charge in [-0.3, -0.25) is 4.68 Å². The van der Waals surface area contributed by atoms with Crippen molar-refractivity contribution >= 4 is 31.9 Å². The molecule has 0 aliphatic heterocycles. The van der Waals surface area contributed by atoms with E-state index in [-0.39, 0.29) is 11.9 Å². The van der Waals surface area contributed by atoms with Crippen molar-refractivity contribution < 1.29 is 4.39 Å². The molecular formula is C14H16Br2FN3. The van der Waals surface area contributed by atoms with E-state index in [9.17, 15) is 4.39 Å². The number of aromatic nitrogens is 2. The molecule has 2 aromatic rings. The summed E-state index contributed by atoms with van der Waals surface area (Å²) in [7, 11) is 0. The Labute approximate surface area is 134 Å². The Hall–Kier alpha value is -0.720. The van der Waals surface area contributed by atoms with E-state index in [4.69, 9.17) is 5.73 Å². The second-order valence-electron chi connectivity index (χ2n) is 4.65. The minimum atomic E-state index is -0.294. The largest absolute Gasteiger partial charge is 0.324 e. The third kappa shape index (κ3) is 3.13. The monoisotopic (exact) mass is 403 g/mol. The Morgan fingerprint density at radius 2 is 2.10 bits per heavy atom. The first-order valence-corrected chi connectivity index (χ1v) is 7.95. The molecule has 2 rings (SSSR count). The second-order valence-corrected chi connectivity index (χ2v) is 6.29. The van der Waals surface area contributed by atoms with Crippen LogP contribution in [0.5, 0.6) is 0 Å². The van der Waals surface area contributed by atoms with Crippen molar-refractivity contribution in [3.8, 4) is 0 Å². The summed E-state index contributed by atoms with van der Waals surface area (Å²) in [6.07, 6.45) is 0.607. The van der Waals surface area contributed by atoms with Crippen LogP contribution in [-0.4, -0.2) is 9.78 Å². The maximum absolute atomic E-state index is 13.6. The van der Waals surface area contributed by atoms with Crippen LogP contribution >= 0.6 is 31.9 Å². The summed E-state index contributed by atoms with van der Waals surface area (Å²) in [5.74, 6) is -0.294. The Kier molecular flexibility index (Phi) is 4.99. The highest BCUT2D eigenvalue weighted by Crippen LogP contribution is 2.27. The van der Waals surface area contributed by atoms with E-state index in [2.05, 4.69) is 37.0 Å². The minimum Gasteiger partial charge on any atom is -0.324 e. The van der Waals surface area contributed by atoms with Crippen LogP contribution < -0.4 is 5.73 Å². The van der Waals surface area contributed by atoms with Gasteiger partial charge in [0.2, 0.25) is 0 Å². The molecule has 1 heterocycles. The number of rotatable bonds is 4. The molecule has 20 heavy (non-hydrogen) atoms. The predicted octanol–water partition coefficient (Wildman–Crippen LogP) is 4.12. The van der Waals surface area contributed by atoms with Crippen LogP contribution in [0.2, 0.25) is 0 Å². The fraction of sp³-hybridized carbons (Fsp3) is 0.357. The van der Waals surface area contributed by atoms with E-state index in [1.807, 2.05) is 24.6 Å². The van der Waals surface area contributed by atoms with Gasteiger partial charge in [-0.25, -0.2) is 4.39 Å². The Morgan fingerprint density at radius 3 is 2.70 bits per heavy atom. The van der Waals surface area contributed by atoms with Gasteiger partial charge < -0.3 is 5.73 Å². The molecule has 0 saturated carbocycles. The van der Waals surface area contributed by atoms with Crippen LogP contribution in [0.25, 0.3) is 0 Å². The molecule has 0 aliphatic carbocycles. The highest BCUT2D eigenvalue weighted by Gasteiger charge is 2.17. The van der Waals surface area contributed by atoms with Gasteiger partial charge in [-0.1, -0.05) is 6.07 Å². The van der Waals surface area contributed by atoms with E-state index in [1.165, 1.54) is 6.07 Å². The van der Waals surface area contributed by atoms with Crippen LogP contribution in [0.1, 0.15) is 29.9 Å². The highest BCUT2D eigenvalue weighted by atomic mass is 79.9. The van der Waals surface area contributed by atoms with Crippen molar-refractivity contribution in [1.82, 2.24) is 9.78 Å². The topological polar surface area (TPSA) is 43.8 Å². The molecule has 1 unspecified atom stereocenters. The molecule has 6 heteroatoms. The van der Waals surface area contributed by atoms with Crippen molar-refractivity contribution in [1.29, 1.82) is 0 Å². The average Bonchev–Trinajstić information content (AvgIpc) is 2.69. The van der Waals surface area contributed by atoms with E-state index in [0.29, 0.717) is 10.9 Å². The third-order valence-corrected chi connectivity index (χ3v) is 4.91. The van der Waals surface area contributed by atoms with Crippen LogP contribution in [0.15, 0.2) is 27.1 Å². The van der Waals surface area contributed by atoms with E-state index in [0.717, 1.165) is 28.0 Å².